The van der Waals surface area contributed by atoms with Crippen LogP contribution in [0.1, 0.15) is 76.8 Å². The number of aromatic nitrogens is 3. The number of piperidine rings is 1. The Morgan fingerprint density at radius 3 is 2.47 bits per heavy atom. The van der Waals surface area contributed by atoms with Gasteiger partial charge in [0.25, 0.3) is 11.8 Å². The Hall–Kier alpha value is -6.81. The van der Waals surface area contributed by atoms with Crippen LogP contribution < -0.4 is 36.8 Å². The fourth-order valence-electron chi connectivity index (χ4n) is 8.61. The summed E-state index contributed by atoms with van der Waals surface area (Å²) in [4.78, 5) is 81.7. The lowest BCUT2D eigenvalue weighted by molar-refractivity contribution is -0.136. The van der Waals surface area contributed by atoms with Gasteiger partial charge in [-0.05, 0) is 74.1 Å². The van der Waals surface area contributed by atoms with Gasteiger partial charge in [0.05, 0.1) is 42.5 Å². The van der Waals surface area contributed by atoms with E-state index in [1.165, 1.54) is 11.1 Å². The number of carbonyl (C=O) groups excluding carboxylic acids is 5. The second-order valence-electron chi connectivity index (χ2n) is 16.5. The first kappa shape index (κ1) is 45.7. The highest BCUT2D eigenvalue weighted by molar-refractivity contribution is 6.33. The number of pyridine rings is 1. The maximum atomic E-state index is 13.2. The number of fused-ring (bicyclic) bond motifs is 1. The van der Waals surface area contributed by atoms with Gasteiger partial charge in [-0.25, -0.2) is 14.8 Å². The van der Waals surface area contributed by atoms with E-state index in [1.807, 2.05) is 29.2 Å². The molecule has 8 rings (SSSR count). The summed E-state index contributed by atoms with van der Waals surface area (Å²) >= 11 is 6.39. The number of ether oxygens (including phenoxy) is 1. The fourth-order valence-corrected chi connectivity index (χ4v) is 8.75. The average molecular weight is 917 g/mol. The number of carbonyl (C=O) groups is 5. The molecule has 2 saturated heterocycles. The Bertz CT molecular complexity index is 2500. The zero-order chi connectivity index (χ0) is 46.0. The lowest BCUT2D eigenvalue weighted by Gasteiger charge is -2.37. The minimum Gasteiger partial charge on any atom is -0.379 e. The molecular formula is C47H53ClN12O6. The van der Waals surface area contributed by atoms with Crippen LogP contribution in [0.4, 0.5) is 33.8 Å². The smallest absolute Gasteiger partial charge is 0.317 e. The van der Waals surface area contributed by atoms with Gasteiger partial charge in [0.15, 0.2) is 5.82 Å². The van der Waals surface area contributed by atoms with Gasteiger partial charge >= 0.3 is 6.03 Å². The molecule has 6 N–H and O–H groups in total. The van der Waals surface area contributed by atoms with Gasteiger partial charge in [-0.3, -0.25) is 24.5 Å². The minimum absolute atomic E-state index is 0.0247. The highest BCUT2D eigenvalue weighted by Crippen LogP contribution is 2.30. The summed E-state index contributed by atoms with van der Waals surface area (Å²) in [5.41, 5.74) is 3.82. The highest BCUT2D eigenvalue weighted by Gasteiger charge is 2.39. The summed E-state index contributed by atoms with van der Waals surface area (Å²) < 4.78 is 5.83. The van der Waals surface area contributed by atoms with Crippen LogP contribution in [0, 0.1) is 11.8 Å². The van der Waals surface area contributed by atoms with Crippen LogP contribution in [0.5, 0.6) is 0 Å². The lowest BCUT2D eigenvalue weighted by Crippen LogP contribution is -2.54. The molecule has 19 heteroatoms. The van der Waals surface area contributed by atoms with Crippen molar-refractivity contribution in [3.8, 4) is 11.8 Å². The molecule has 1 atom stereocenters. The molecule has 2 aromatic carbocycles. The molecule has 4 aromatic rings. The largest absolute Gasteiger partial charge is 0.379 e. The van der Waals surface area contributed by atoms with Gasteiger partial charge in [0, 0.05) is 82.4 Å². The van der Waals surface area contributed by atoms with Crippen LogP contribution in [0.2, 0.25) is 5.02 Å². The quantitative estimate of drug-likeness (QED) is 0.0592. The standard InChI is InChI=1S/C47H53ClN12O6/c1-49-43(62)35-9-2-3-11-38(35)55-42-37(48)28-52-46(57-42)53-33-16-18-40(51-27-33)58-21-23-59(24-22-58)47(65)54-32-14-12-31(13-15-32)50-20-26-66-25-5-4-7-30-8-6-10-34-36(30)29-60(45(34)64)39-17-19-41(61)56-44(39)63/h2-3,6,8-11,16,18,27-28,31-32,39,50H,5,12-15,17,19-26,29H2,1H3,(H,49,62)(H,54,65)(H,56,61,63)(H2,52,53,55,57)/t31-,32+,39?. The molecule has 1 unspecified atom stereocenters. The number of imide groups is 1. The molecule has 3 fully saturated rings. The van der Waals surface area contributed by atoms with E-state index in [-0.39, 0.29) is 36.2 Å². The third-order valence-corrected chi connectivity index (χ3v) is 12.5. The topological polar surface area (TPSA) is 215 Å². The van der Waals surface area contributed by atoms with E-state index in [4.69, 9.17) is 16.3 Å². The number of anilines is 5. The molecule has 66 heavy (non-hydrogen) atoms. The van der Waals surface area contributed by atoms with Crippen molar-refractivity contribution in [3.05, 3.63) is 94.3 Å². The first-order chi connectivity index (χ1) is 32.1. The summed E-state index contributed by atoms with van der Waals surface area (Å²) in [6.07, 6.45) is 8.04. The summed E-state index contributed by atoms with van der Waals surface area (Å²) in [5, 5.41) is 18.4. The predicted molar refractivity (Wildman–Crippen MR) is 249 cm³/mol. The number of amides is 6. The van der Waals surface area contributed by atoms with Gasteiger partial charge < -0.3 is 46.0 Å². The predicted octanol–water partition coefficient (Wildman–Crippen LogP) is 4.32. The molecule has 4 aliphatic rings. The first-order valence-corrected chi connectivity index (χ1v) is 22.7. The summed E-state index contributed by atoms with van der Waals surface area (Å²) in [6, 6.07) is 16.2. The van der Waals surface area contributed by atoms with Crippen molar-refractivity contribution >= 4 is 70.2 Å². The number of halogens is 1. The molecule has 0 spiro atoms. The van der Waals surface area contributed by atoms with Crippen molar-refractivity contribution in [2.24, 2.45) is 0 Å². The van der Waals surface area contributed by atoms with E-state index >= 15 is 0 Å². The Morgan fingerprint density at radius 2 is 1.70 bits per heavy atom. The minimum atomic E-state index is -0.656. The zero-order valence-electron chi connectivity index (χ0n) is 36.7. The normalized spacial score (nSPS) is 19.3. The second-order valence-corrected chi connectivity index (χ2v) is 16.9. The Morgan fingerprint density at radius 1 is 0.894 bits per heavy atom. The molecule has 344 valence electrons. The molecule has 0 radical (unpaired) electrons. The van der Waals surface area contributed by atoms with Crippen molar-refractivity contribution in [1.29, 1.82) is 0 Å². The van der Waals surface area contributed by atoms with Gasteiger partial charge in [-0.15, -0.1) is 0 Å². The highest BCUT2D eigenvalue weighted by atomic mass is 35.5. The zero-order valence-corrected chi connectivity index (χ0v) is 37.5. The van der Waals surface area contributed by atoms with Gasteiger partial charge in [0.1, 0.15) is 16.9 Å². The molecule has 3 aliphatic heterocycles. The van der Waals surface area contributed by atoms with E-state index in [1.54, 1.807) is 43.6 Å². The molecule has 0 bridgehead atoms. The van der Waals surface area contributed by atoms with Gasteiger partial charge in [-0.2, -0.15) is 4.98 Å². The number of urea groups is 1. The molecule has 6 amide bonds. The summed E-state index contributed by atoms with van der Waals surface area (Å²) in [6.45, 7) is 4.58. The maximum absolute atomic E-state index is 13.2. The molecular weight excluding hydrogens is 864 g/mol. The van der Waals surface area contributed by atoms with Crippen molar-refractivity contribution in [3.63, 3.8) is 0 Å². The van der Waals surface area contributed by atoms with Crippen molar-refractivity contribution in [2.45, 2.75) is 69.6 Å². The third kappa shape index (κ3) is 11.2. The molecule has 5 heterocycles. The van der Waals surface area contributed by atoms with E-state index in [2.05, 4.69) is 63.6 Å². The maximum Gasteiger partial charge on any atom is 0.317 e. The first-order valence-electron chi connectivity index (χ1n) is 22.3. The monoisotopic (exact) mass is 916 g/mol. The van der Waals surface area contributed by atoms with Gasteiger partial charge in [0.2, 0.25) is 17.8 Å². The second kappa shape index (κ2) is 21.5. The number of benzene rings is 2. The summed E-state index contributed by atoms with van der Waals surface area (Å²) in [5.74, 6) is 6.61. The third-order valence-electron chi connectivity index (χ3n) is 12.2. The number of para-hydroxylation sites is 1. The molecule has 18 nitrogen and oxygen atoms in total. The summed E-state index contributed by atoms with van der Waals surface area (Å²) in [7, 11) is 1.57. The number of nitrogens with one attached hydrogen (secondary N) is 6. The number of hydrogen-bond donors (Lipinski definition) is 6. The molecule has 1 saturated carbocycles. The van der Waals surface area contributed by atoms with Crippen LogP contribution in [-0.4, -0.2) is 126 Å². The van der Waals surface area contributed by atoms with E-state index in [9.17, 15) is 24.0 Å². The van der Waals surface area contributed by atoms with Crippen LogP contribution in [0.3, 0.4) is 0 Å². The Kier molecular flexibility index (Phi) is 14.9. The van der Waals surface area contributed by atoms with E-state index in [0.717, 1.165) is 49.2 Å². The van der Waals surface area contributed by atoms with Crippen molar-refractivity contribution in [1.82, 2.24) is 46.0 Å². The van der Waals surface area contributed by atoms with Crippen molar-refractivity contribution < 1.29 is 28.7 Å². The fraction of sp³-hybridized carbons (Fsp3) is 0.404. The Labute approximate surface area is 388 Å². The number of hydrogen-bond acceptors (Lipinski definition) is 13. The van der Waals surface area contributed by atoms with E-state index in [0.29, 0.717) is 104 Å². The van der Waals surface area contributed by atoms with Crippen LogP contribution in [0.25, 0.3) is 0 Å². The van der Waals surface area contributed by atoms with Crippen LogP contribution in [0.15, 0.2) is 67.0 Å². The van der Waals surface area contributed by atoms with E-state index < -0.39 is 11.9 Å². The number of rotatable bonds is 14. The molecule has 1 aliphatic carbocycles. The number of piperazine rings is 1. The molecule has 2 aromatic heterocycles. The van der Waals surface area contributed by atoms with Gasteiger partial charge in [-0.1, -0.05) is 41.6 Å². The lowest BCUT2D eigenvalue weighted by atomic mass is 9.91. The Balaban J connectivity index is 0.695. The van der Waals surface area contributed by atoms with Crippen molar-refractivity contribution in [2.75, 3.05) is 68.5 Å². The van der Waals surface area contributed by atoms with Crippen LogP contribution in [-0.2, 0) is 20.9 Å². The SMILES string of the molecule is CNC(=O)c1ccccc1Nc1nc(Nc2ccc(N3CCN(C(=O)N[C@H]4CC[C@@H](NCCOCCC#Cc5cccc6c5CN(C5CCC(=O)NC5=O)C6=O)CC4)CC3)nc2)ncc1Cl. The van der Waals surface area contributed by atoms with Crippen LogP contribution >= 0.6 is 11.6 Å². The average Bonchev–Trinajstić information content (AvgIpc) is 3.67. The number of nitrogens with zero attached hydrogens (tertiary/aromatic N) is 6.